The van der Waals surface area contributed by atoms with Gasteiger partial charge in [-0.3, -0.25) is 4.55 Å². The zero-order valence-corrected chi connectivity index (χ0v) is 26.9. The molecule has 0 aromatic carbocycles. The summed E-state index contributed by atoms with van der Waals surface area (Å²) in [7, 11) is -3.88. The lowest BCUT2D eigenvalue weighted by Gasteiger charge is -2.40. The summed E-state index contributed by atoms with van der Waals surface area (Å²) in [5.41, 5.74) is 0.465. The van der Waals surface area contributed by atoms with Crippen molar-refractivity contribution in [2.75, 3.05) is 0 Å². The maximum atomic E-state index is 11.3. The van der Waals surface area contributed by atoms with Crippen molar-refractivity contribution in [3.8, 4) is 0 Å². The van der Waals surface area contributed by atoms with Gasteiger partial charge in [0, 0.05) is 0 Å². The SMILES string of the molecule is CCCC(C)C(C)(C)C1CCCCCCC(C(CC)C(C)CCCCC(C)S(=O)(=O)O)CCCCCC1. The Morgan fingerprint density at radius 2 is 1.24 bits per heavy atom. The molecule has 1 fully saturated rings. The lowest BCUT2D eigenvalue weighted by Crippen LogP contribution is -2.31. The summed E-state index contributed by atoms with van der Waals surface area (Å²) >= 11 is 0. The first-order valence-electron chi connectivity index (χ1n) is 16.4. The van der Waals surface area contributed by atoms with Crippen molar-refractivity contribution in [3.63, 3.8) is 0 Å². The molecule has 0 aromatic heterocycles. The van der Waals surface area contributed by atoms with Crippen LogP contribution >= 0.6 is 0 Å². The minimum Gasteiger partial charge on any atom is -0.285 e. The zero-order chi connectivity index (χ0) is 27.9. The maximum Gasteiger partial charge on any atom is 0.267 e. The molecule has 1 aliphatic carbocycles. The Morgan fingerprint density at radius 1 is 0.757 bits per heavy atom. The van der Waals surface area contributed by atoms with Crippen molar-refractivity contribution < 1.29 is 13.0 Å². The van der Waals surface area contributed by atoms with Crippen LogP contribution in [0.15, 0.2) is 0 Å². The standard InChI is InChI=1S/C33H66O3S/c1-8-20-28(4)33(6,7)31-25-16-12-10-14-23-30(24-15-11-13-17-26-31)32(9-2)27(3)21-18-19-22-29(5)37(34,35)36/h27-32H,8-26H2,1-7H3,(H,34,35,36). The molecule has 4 atom stereocenters. The van der Waals surface area contributed by atoms with E-state index in [0.717, 1.165) is 36.5 Å². The first-order chi connectivity index (χ1) is 17.4. The molecular formula is C33H66O3S. The second-order valence-corrected chi connectivity index (χ2v) is 15.4. The largest absolute Gasteiger partial charge is 0.285 e. The van der Waals surface area contributed by atoms with Gasteiger partial charge < -0.3 is 0 Å². The van der Waals surface area contributed by atoms with Gasteiger partial charge in [0.25, 0.3) is 10.1 Å². The van der Waals surface area contributed by atoms with Gasteiger partial charge in [0.15, 0.2) is 0 Å². The molecule has 0 aromatic rings. The molecule has 1 aliphatic rings. The first kappa shape index (κ1) is 34.9. The fraction of sp³-hybridized carbons (Fsp3) is 1.00. The van der Waals surface area contributed by atoms with Crippen LogP contribution in [0.4, 0.5) is 0 Å². The average Bonchev–Trinajstić information content (AvgIpc) is 2.83. The Morgan fingerprint density at radius 3 is 1.70 bits per heavy atom. The molecule has 3 nitrogen and oxygen atoms in total. The van der Waals surface area contributed by atoms with Crippen LogP contribution in [0.2, 0.25) is 0 Å². The van der Waals surface area contributed by atoms with Gasteiger partial charge in [0.05, 0.1) is 5.25 Å². The number of unbranched alkanes of at least 4 members (excludes halogenated alkanes) is 1. The first-order valence-corrected chi connectivity index (χ1v) is 17.9. The molecule has 0 saturated heterocycles. The summed E-state index contributed by atoms with van der Waals surface area (Å²) in [6.45, 7) is 16.4. The Balaban J connectivity index is 2.61. The van der Waals surface area contributed by atoms with Crippen LogP contribution in [-0.2, 0) is 10.1 Å². The summed E-state index contributed by atoms with van der Waals surface area (Å²) in [6.07, 6.45) is 24.5. The van der Waals surface area contributed by atoms with Gasteiger partial charge >= 0.3 is 0 Å². The molecule has 4 unspecified atom stereocenters. The van der Waals surface area contributed by atoms with Crippen molar-refractivity contribution in [2.45, 2.75) is 176 Å². The van der Waals surface area contributed by atoms with E-state index in [1.165, 1.54) is 103 Å². The molecule has 0 radical (unpaired) electrons. The monoisotopic (exact) mass is 542 g/mol. The molecule has 1 N–H and O–H groups in total. The van der Waals surface area contributed by atoms with Crippen LogP contribution in [-0.4, -0.2) is 18.2 Å². The normalized spacial score (nSPS) is 25.1. The molecule has 0 bridgehead atoms. The van der Waals surface area contributed by atoms with Gasteiger partial charge in [0.1, 0.15) is 0 Å². The summed E-state index contributed by atoms with van der Waals surface area (Å²) < 4.78 is 31.8. The van der Waals surface area contributed by atoms with Gasteiger partial charge in [0.2, 0.25) is 0 Å². The van der Waals surface area contributed by atoms with Crippen molar-refractivity contribution >= 4 is 10.1 Å². The minimum atomic E-state index is -3.88. The Bertz CT molecular complexity index is 655. The topological polar surface area (TPSA) is 54.4 Å². The van der Waals surface area contributed by atoms with E-state index in [1.807, 2.05) is 0 Å². The molecule has 0 spiro atoms. The predicted molar refractivity (Wildman–Crippen MR) is 163 cm³/mol. The third kappa shape index (κ3) is 13.2. The van der Waals surface area contributed by atoms with E-state index in [1.54, 1.807) is 6.92 Å². The average molecular weight is 543 g/mol. The molecule has 0 amide bonds. The zero-order valence-electron chi connectivity index (χ0n) is 26.1. The number of hydrogen-bond acceptors (Lipinski definition) is 2. The van der Waals surface area contributed by atoms with Crippen molar-refractivity contribution in [1.29, 1.82) is 0 Å². The van der Waals surface area contributed by atoms with Gasteiger partial charge in [-0.05, 0) is 61.2 Å². The lowest BCUT2D eigenvalue weighted by atomic mass is 9.65. The molecule has 1 rings (SSSR count). The van der Waals surface area contributed by atoms with E-state index < -0.39 is 15.4 Å². The van der Waals surface area contributed by atoms with Gasteiger partial charge in [-0.15, -0.1) is 0 Å². The summed E-state index contributed by atoms with van der Waals surface area (Å²) in [5.74, 6) is 4.04. The number of rotatable bonds is 13. The molecule has 222 valence electrons. The highest BCUT2D eigenvalue weighted by atomic mass is 32.2. The van der Waals surface area contributed by atoms with Crippen molar-refractivity contribution in [3.05, 3.63) is 0 Å². The van der Waals surface area contributed by atoms with E-state index in [0.29, 0.717) is 17.8 Å². The van der Waals surface area contributed by atoms with Crippen LogP contribution in [0.25, 0.3) is 0 Å². The van der Waals surface area contributed by atoms with E-state index in [-0.39, 0.29) is 0 Å². The third-order valence-electron chi connectivity index (χ3n) is 10.6. The second kappa shape index (κ2) is 18.3. The molecule has 1 saturated carbocycles. The Labute approximate surface area is 233 Å². The smallest absolute Gasteiger partial charge is 0.267 e. The van der Waals surface area contributed by atoms with Gasteiger partial charge in [-0.25, -0.2) is 0 Å². The predicted octanol–water partition coefficient (Wildman–Crippen LogP) is 10.9. The Kier molecular flexibility index (Phi) is 17.3. The van der Waals surface area contributed by atoms with Crippen molar-refractivity contribution in [1.82, 2.24) is 0 Å². The third-order valence-corrected chi connectivity index (χ3v) is 11.9. The lowest BCUT2D eigenvalue weighted by molar-refractivity contribution is 0.0976. The van der Waals surface area contributed by atoms with E-state index in [2.05, 4.69) is 41.5 Å². The highest BCUT2D eigenvalue weighted by Crippen LogP contribution is 2.43. The van der Waals surface area contributed by atoms with Crippen LogP contribution in [0, 0.1) is 35.0 Å². The number of hydrogen-bond donors (Lipinski definition) is 1. The highest BCUT2D eigenvalue weighted by molar-refractivity contribution is 7.86. The van der Waals surface area contributed by atoms with Crippen LogP contribution in [0.3, 0.4) is 0 Å². The minimum absolute atomic E-state index is 0.465. The van der Waals surface area contributed by atoms with E-state index in [9.17, 15) is 13.0 Å². The van der Waals surface area contributed by atoms with Crippen molar-refractivity contribution in [2.24, 2.45) is 35.0 Å². The van der Waals surface area contributed by atoms with Crippen LogP contribution in [0.5, 0.6) is 0 Å². The highest BCUT2D eigenvalue weighted by Gasteiger charge is 2.33. The summed E-state index contributed by atoms with van der Waals surface area (Å²) in [6, 6.07) is 0. The Hall–Kier alpha value is -0.0900. The molecule has 37 heavy (non-hydrogen) atoms. The second-order valence-electron chi connectivity index (χ2n) is 13.6. The van der Waals surface area contributed by atoms with Gasteiger partial charge in [-0.2, -0.15) is 8.42 Å². The van der Waals surface area contributed by atoms with Crippen LogP contribution < -0.4 is 0 Å². The maximum absolute atomic E-state index is 11.3. The molecule has 4 heteroatoms. The van der Waals surface area contributed by atoms with Crippen LogP contribution in [0.1, 0.15) is 170 Å². The van der Waals surface area contributed by atoms with E-state index in [4.69, 9.17) is 0 Å². The molecule has 0 aliphatic heterocycles. The summed E-state index contributed by atoms with van der Waals surface area (Å²) in [4.78, 5) is 0. The quantitative estimate of drug-likeness (QED) is 0.186. The van der Waals surface area contributed by atoms with Gasteiger partial charge in [-0.1, -0.05) is 144 Å². The molecular weight excluding hydrogens is 476 g/mol. The van der Waals surface area contributed by atoms with E-state index >= 15 is 0 Å². The fourth-order valence-electron chi connectivity index (χ4n) is 7.43. The molecule has 0 heterocycles. The fourth-order valence-corrected chi connectivity index (χ4v) is 7.90. The summed E-state index contributed by atoms with van der Waals surface area (Å²) in [5, 5.41) is -0.634.